The minimum absolute atomic E-state index is 0.0899. The summed E-state index contributed by atoms with van der Waals surface area (Å²) >= 11 is 0. The summed E-state index contributed by atoms with van der Waals surface area (Å²) in [5.41, 5.74) is 6.50. The number of hydrogen-bond donors (Lipinski definition) is 1. The van der Waals surface area contributed by atoms with Crippen LogP contribution < -0.4 is 15.4 Å². The topological polar surface area (TPSA) is 113 Å². The molecule has 2 aliphatic rings. The summed E-state index contributed by atoms with van der Waals surface area (Å²) < 4.78 is 38.7. The summed E-state index contributed by atoms with van der Waals surface area (Å²) in [6.07, 6.45) is -1.72. The number of hydrogen-bond acceptors (Lipinski definition) is 6. The van der Waals surface area contributed by atoms with E-state index in [1.165, 1.54) is 6.20 Å². The third-order valence-corrected chi connectivity index (χ3v) is 4.94. The maximum Gasteiger partial charge on any atom is 0.416 e. The Kier molecular flexibility index (Phi) is 4.81. The first-order valence-corrected chi connectivity index (χ1v) is 9.09. The number of cyclic esters (lactones) is 1. The van der Waals surface area contributed by atoms with Gasteiger partial charge >= 0.3 is 6.09 Å². The fraction of sp³-hybridized carbons (Fsp3) is 0.444. The SMILES string of the molecule is C[C@H](Cc1ccc2c(n1)OCCn1cc(N3C(=O)OC[C@H]3C(F)F)nc1-2)C(N)=O. The van der Waals surface area contributed by atoms with Crippen LogP contribution in [0.25, 0.3) is 11.4 Å². The molecule has 0 aliphatic carbocycles. The molecule has 4 rings (SSSR count). The van der Waals surface area contributed by atoms with Crippen molar-refractivity contribution in [3.8, 4) is 17.3 Å². The molecule has 1 fully saturated rings. The van der Waals surface area contributed by atoms with E-state index in [1.807, 2.05) is 0 Å². The zero-order valence-electron chi connectivity index (χ0n) is 15.5. The first kappa shape index (κ1) is 19.1. The molecule has 0 bridgehead atoms. The Morgan fingerprint density at radius 3 is 2.86 bits per heavy atom. The molecule has 9 nitrogen and oxygen atoms in total. The van der Waals surface area contributed by atoms with Crippen molar-refractivity contribution in [2.45, 2.75) is 32.4 Å². The van der Waals surface area contributed by atoms with Gasteiger partial charge in [0.05, 0.1) is 12.1 Å². The molecule has 4 heterocycles. The molecule has 1 saturated heterocycles. The lowest BCUT2D eigenvalue weighted by Gasteiger charge is -2.17. The lowest BCUT2D eigenvalue weighted by atomic mass is 10.0. The number of pyridine rings is 1. The van der Waals surface area contributed by atoms with E-state index in [1.54, 1.807) is 23.6 Å². The van der Waals surface area contributed by atoms with E-state index < -0.39 is 24.5 Å². The van der Waals surface area contributed by atoms with E-state index in [4.69, 9.17) is 15.2 Å². The van der Waals surface area contributed by atoms with Crippen molar-refractivity contribution in [3.63, 3.8) is 0 Å². The highest BCUT2D eigenvalue weighted by Crippen LogP contribution is 2.34. The number of amides is 2. The summed E-state index contributed by atoms with van der Waals surface area (Å²) in [5, 5.41) is 0. The largest absolute Gasteiger partial charge is 0.475 e. The van der Waals surface area contributed by atoms with Crippen LogP contribution in [0.5, 0.6) is 5.88 Å². The number of halogens is 2. The van der Waals surface area contributed by atoms with Gasteiger partial charge in [-0.15, -0.1) is 0 Å². The normalized spacial score (nSPS) is 19.2. The number of rotatable bonds is 5. The minimum atomic E-state index is -2.75. The molecule has 0 spiro atoms. The molecule has 29 heavy (non-hydrogen) atoms. The number of ether oxygens (including phenoxy) is 2. The van der Waals surface area contributed by atoms with Gasteiger partial charge in [-0.2, -0.15) is 0 Å². The second kappa shape index (κ2) is 7.30. The molecule has 2 aromatic heterocycles. The molecular formula is C18H19F2N5O4. The monoisotopic (exact) mass is 407 g/mol. The molecule has 154 valence electrons. The molecule has 2 aliphatic heterocycles. The Bertz CT molecular complexity index is 964. The van der Waals surface area contributed by atoms with Crippen LogP contribution in [0.15, 0.2) is 18.3 Å². The van der Waals surface area contributed by atoms with Crippen molar-refractivity contribution in [2.75, 3.05) is 18.1 Å². The molecule has 0 aromatic carbocycles. The number of fused-ring (bicyclic) bond motifs is 3. The van der Waals surface area contributed by atoms with Gasteiger partial charge in [0.15, 0.2) is 5.82 Å². The Labute approximate surface area is 164 Å². The number of imidazole rings is 1. The smallest absolute Gasteiger partial charge is 0.416 e. The van der Waals surface area contributed by atoms with E-state index in [0.717, 1.165) is 4.90 Å². The highest BCUT2D eigenvalue weighted by Gasteiger charge is 2.42. The predicted octanol–water partition coefficient (Wildman–Crippen LogP) is 1.59. The fourth-order valence-electron chi connectivity index (χ4n) is 3.32. The van der Waals surface area contributed by atoms with Gasteiger partial charge in [-0.05, 0) is 12.1 Å². The van der Waals surface area contributed by atoms with Crippen molar-refractivity contribution in [1.82, 2.24) is 14.5 Å². The van der Waals surface area contributed by atoms with Crippen LogP contribution in [0.4, 0.5) is 19.4 Å². The van der Waals surface area contributed by atoms with Crippen LogP contribution >= 0.6 is 0 Å². The van der Waals surface area contributed by atoms with Gasteiger partial charge in [-0.3, -0.25) is 4.79 Å². The minimum Gasteiger partial charge on any atom is -0.475 e. The van der Waals surface area contributed by atoms with E-state index in [0.29, 0.717) is 35.9 Å². The van der Waals surface area contributed by atoms with Gasteiger partial charge in [-0.1, -0.05) is 6.92 Å². The average Bonchev–Trinajstić information content (AvgIpc) is 3.21. The number of carbonyl (C=O) groups is 2. The Morgan fingerprint density at radius 2 is 2.14 bits per heavy atom. The quantitative estimate of drug-likeness (QED) is 0.806. The Morgan fingerprint density at radius 1 is 1.34 bits per heavy atom. The third kappa shape index (κ3) is 3.47. The Hall–Kier alpha value is -3.24. The molecule has 0 unspecified atom stereocenters. The molecule has 11 heteroatoms. The first-order valence-electron chi connectivity index (χ1n) is 9.09. The van der Waals surface area contributed by atoms with Crippen LogP contribution in [0, 0.1) is 5.92 Å². The highest BCUT2D eigenvalue weighted by molar-refractivity contribution is 5.89. The van der Waals surface area contributed by atoms with Gasteiger partial charge in [0.2, 0.25) is 11.8 Å². The van der Waals surface area contributed by atoms with Gasteiger partial charge < -0.3 is 19.8 Å². The first-order chi connectivity index (χ1) is 13.8. The lowest BCUT2D eigenvalue weighted by molar-refractivity contribution is -0.121. The summed E-state index contributed by atoms with van der Waals surface area (Å²) in [4.78, 5) is 33.0. The van der Waals surface area contributed by atoms with Crippen LogP contribution in [0.1, 0.15) is 12.6 Å². The second-order valence-electron chi connectivity index (χ2n) is 6.98. The third-order valence-electron chi connectivity index (χ3n) is 4.94. The highest BCUT2D eigenvalue weighted by atomic mass is 19.3. The zero-order valence-corrected chi connectivity index (χ0v) is 15.5. The van der Waals surface area contributed by atoms with Gasteiger partial charge in [0.25, 0.3) is 6.43 Å². The number of carbonyl (C=O) groups excluding carboxylic acids is 2. The average molecular weight is 407 g/mol. The molecule has 2 atom stereocenters. The van der Waals surface area contributed by atoms with Crippen molar-refractivity contribution in [3.05, 3.63) is 24.0 Å². The standard InChI is InChI=1S/C18H19F2N5O4/c1-9(15(21)26)6-10-2-3-11-16-23-13(7-24(16)4-5-28-17(11)22-10)25-12(14(19)20)8-29-18(25)27/h2-3,7,9,12,14H,4-6,8H2,1H3,(H2,21,26)/t9-,12+/m1/s1. The molecule has 0 saturated carbocycles. The molecular weight excluding hydrogens is 388 g/mol. The number of anilines is 1. The summed E-state index contributed by atoms with van der Waals surface area (Å²) in [5.74, 6) is 0.0556. The second-order valence-corrected chi connectivity index (χ2v) is 6.98. The predicted molar refractivity (Wildman–Crippen MR) is 96.6 cm³/mol. The van der Waals surface area contributed by atoms with Gasteiger partial charge in [0.1, 0.15) is 25.1 Å². The number of nitrogens with two attached hydrogens (primary N) is 1. The number of nitrogens with zero attached hydrogens (tertiary/aromatic N) is 4. The number of aromatic nitrogens is 3. The summed E-state index contributed by atoms with van der Waals surface area (Å²) in [6, 6.07) is 2.09. The van der Waals surface area contributed by atoms with E-state index >= 15 is 0 Å². The maximum absolute atomic E-state index is 13.3. The number of alkyl halides is 2. The van der Waals surface area contributed by atoms with Crippen LogP contribution in [-0.2, 0) is 22.5 Å². The van der Waals surface area contributed by atoms with Crippen LogP contribution in [0.3, 0.4) is 0 Å². The maximum atomic E-state index is 13.3. The zero-order chi connectivity index (χ0) is 20.7. The van der Waals surface area contributed by atoms with Crippen LogP contribution in [0.2, 0.25) is 0 Å². The van der Waals surface area contributed by atoms with E-state index in [9.17, 15) is 18.4 Å². The number of primary amides is 1. The molecule has 2 N–H and O–H groups in total. The van der Waals surface area contributed by atoms with E-state index in [2.05, 4.69) is 9.97 Å². The molecule has 0 radical (unpaired) electrons. The van der Waals surface area contributed by atoms with Crippen molar-refractivity contribution in [1.29, 1.82) is 0 Å². The van der Waals surface area contributed by atoms with Crippen LogP contribution in [-0.4, -0.2) is 52.2 Å². The Balaban J connectivity index is 1.68. The lowest BCUT2D eigenvalue weighted by Crippen LogP contribution is -2.38. The van der Waals surface area contributed by atoms with Gasteiger partial charge in [-0.25, -0.2) is 28.4 Å². The van der Waals surface area contributed by atoms with E-state index in [-0.39, 0.29) is 24.9 Å². The van der Waals surface area contributed by atoms with Crippen molar-refractivity contribution < 1.29 is 27.8 Å². The summed E-state index contributed by atoms with van der Waals surface area (Å²) in [7, 11) is 0. The molecule has 2 aromatic rings. The van der Waals surface area contributed by atoms with Crippen molar-refractivity contribution in [2.24, 2.45) is 11.7 Å². The fourth-order valence-corrected chi connectivity index (χ4v) is 3.32. The van der Waals surface area contributed by atoms with Crippen molar-refractivity contribution >= 4 is 17.8 Å². The summed E-state index contributed by atoms with van der Waals surface area (Å²) in [6.45, 7) is 2.00. The van der Waals surface area contributed by atoms with Gasteiger partial charge in [0, 0.05) is 24.2 Å². The molecule has 2 amide bonds.